The van der Waals surface area contributed by atoms with Gasteiger partial charge in [0, 0.05) is 0 Å². The van der Waals surface area contributed by atoms with Crippen LogP contribution in [-0.4, -0.2) is 14.3 Å². The molecule has 1 radical (unpaired) electrons. The molecule has 0 fully saturated rings. The molecule has 0 spiro atoms. The van der Waals surface area contributed by atoms with Crippen LogP contribution in [0.1, 0.15) is 75.7 Å². The average molecular weight is 286 g/mol. The van der Waals surface area contributed by atoms with Crippen LogP contribution < -0.4 is 0 Å². The Hall–Kier alpha value is -0.313. The van der Waals surface area contributed by atoms with E-state index in [-0.39, 0.29) is 21.1 Å². The van der Waals surface area contributed by atoms with Gasteiger partial charge in [-0.15, -0.1) is 0 Å². The summed E-state index contributed by atoms with van der Waals surface area (Å²) in [5.41, 5.74) is 0. The van der Waals surface area contributed by atoms with Crippen molar-refractivity contribution in [3.8, 4) is 0 Å². The van der Waals surface area contributed by atoms with Gasteiger partial charge in [0.2, 0.25) is 0 Å². The highest BCUT2D eigenvalue weighted by molar-refractivity contribution is 6.83. The first-order chi connectivity index (χ1) is 8.20. The van der Waals surface area contributed by atoms with Crippen molar-refractivity contribution in [1.82, 2.24) is 0 Å². The van der Waals surface area contributed by atoms with Gasteiger partial charge in [0.25, 0.3) is 14.3 Å². The second kappa shape index (κ2) is 5.59. The van der Waals surface area contributed by atoms with Crippen LogP contribution in [0.15, 0.2) is 0 Å². The van der Waals surface area contributed by atoms with Crippen molar-refractivity contribution in [2.45, 2.75) is 90.8 Å². The minimum atomic E-state index is -2.38. The predicted octanol–water partition coefficient (Wildman–Crippen LogP) is 5.49. The van der Waals surface area contributed by atoms with Crippen LogP contribution in [0.25, 0.3) is 0 Å². The zero-order valence-electron chi connectivity index (χ0n) is 14.6. The van der Waals surface area contributed by atoms with Crippen molar-refractivity contribution < 1.29 is 9.22 Å². The first-order valence-corrected chi connectivity index (χ1v) is 9.17. The summed E-state index contributed by atoms with van der Waals surface area (Å²) in [5.74, 6) is -0.144. The third-order valence-corrected chi connectivity index (χ3v) is 10.6. The molecule has 0 N–H and O–H groups in total. The quantitative estimate of drug-likeness (QED) is 0.641. The molecular formula is C16H33O2Si. The topological polar surface area (TPSA) is 26.3 Å². The van der Waals surface area contributed by atoms with E-state index in [1.54, 1.807) is 6.42 Å². The summed E-state index contributed by atoms with van der Waals surface area (Å²) in [4.78, 5) is 12.2. The Morgan fingerprint density at radius 3 is 1.42 bits per heavy atom. The normalized spacial score (nSPS) is 14.4. The molecule has 0 saturated carbocycles. The first-order valence-electron chi connectivity index (χ1n) is 7.27. The summed E-state index contributed by atoms with van der Waals surface area (Å²) in [6.07, 6.45) is 2.38. The number of rotatable bonds is 3. The lowest BCUT2D eigenvalue weighted by Gasteiger charge is -2.56. The molecule has 0 aliphatic rings. The Morgan fingerprint density at radius 2 is 1.21 bits per heavy atom. The highest BCUT2D eigenvalue weighted by Gasteiger charge is 2.64. The molecule has 19 heavy (non-hydrogen) atoms. The van der Waals surface area contributed by atoms with E-state index in [1.165, 1.54) is 0 Å². The third kappa shape index (κ3) is 3.62. The highest BCUT2D eigenvalue weighted by atomic mass is 28.4. The van der Waals surface area contributed by atoms with Crippen molar-refractivity contribution in [2.24, 2.45) is 0 Å². The molecule has 0 aliphatic heterocycles. The maximum atomic E-state index is 12.2. The van der Waals surface area contributed by atoms with Gasteiger partial charge in [-0.25, -0.2) is 0 Å². The molecule has 113 valence electrons. The number of carbonyl (C=O) groups is 1. The Morgan fingerprint density at radius 1 is 0.895 bits per heavy atom. The molecular weight excluding hydrogens is 252 g/mol. The van der Waals surface area contributed by atoms with E-state index in [2.05, 4.69) is 62.3 Å². The highest BCUT2D eigenvalue weighted by Crippen LogP contribution is 2.62. The standard InChI is InChI=1S/C16H33O2Si/c1-11-12-13(17)18-19(14(2,3)4,15(5,6)7)16(8,9)10/h12H,11H2,1-10H3. The summed E-state index contributed by atoms with van der Waals surface area (Å²) in [6.45, 7) is 21.9. The van der Waals surface area contributed by atoms with Crippen LogP contribution in [0.2, 0.25) is 15.1 Å². The Balaban J connectivity index is 5.90. The summed E-state index contributed by atoms with van der Waals surface area (Å²) in [6, 6.07) is 0. The fourth-order valence-corrected chi connectivity index (χ4v) is 12.2. The second-order valence-electron chi connectivity index (χ2n) is 8.46. The van der Waals surface area contributed by atoms with Gasteiger partial charge in [-0.1, -0.05) is 69.2 Å². The molecule has 0 aromatic carbocycles. The van der Waals surface area contributed by atoms with E-state index in [1.807, 2.05) is 6.92 Å². The molecule has 0 aliphatic carbocycles. The van der Waals surface area contributed by atoms with Gasteiger partial charge < -0.3 is 4.43 Å². The molecule has 0 saturated heterocycles. The molecule has 0 rings (SSSR count). The SMILES string of the molecule is CC[CH]C(=O)O[Si](C(C)(C)C)(C(C)(C)C)C(C)(C)C. The van der Waals surface area contributed by atoms with E-state index in [4.69, 9.17) is 4.43 Å². The van der Waals surface area contributed by atoms with Crippen LogP contribution in [0, 0.1) is 6.42 Å². The zero-order chi connectivity index (χ0) is 15.7. The maximum absolute atomic E-state index is 12.2. The van der Waals surface area contributed by atoms with Gasteiger partial charge in [0.05, 0.1) is 6.42 Å². The lowest BCUT2D eigenvalue weighted by molar-refractivity contribution is -0.132. The van der Waals surface area contributed by atoms with Crippen LogP contribution >= 0.6 is 0 Å². The van der Waals surface area contributed by atoms with Gasteiger partial charge in [-0.3, -0.25) is 4.79 Å². The molecule has 0 atom stereocenters. The van der Waals surface area contributed by atoms with E-state index in [9.17, 15) is 4.79 Å². The molecule has 0 bridgehead atoms. The van der Waals surface area contributed by atoms with Gasteiger partial charge in [0.1, 0.15) is 0 Å². The maximum Gasteiger partial charge on any atom is 0.296 e. The van der Waals surface area contributed by atoms with Crippen molar-refractivity contribution >= 4 is 14.3 Å². The Labute approximate surface area is 121 Å². The lowest BCUT2D eigenvalue weighted by Crippen LogP contribution is -2.61. The number of hydrogen-bond donors (Lipinski definition) is 0. The third-order valence-electron chi connectivity index (χ3n) is 3.79. The average Bonchev–Trinajstić information content (AvgIpc) is 2.08. The summed E-state index contributed by atoms with van der Waals surface area (Å²) in [7, 11) is -2.38. The van der Waals surface area contributed by atoms with Gasteiger partial charge in [-0.2, -0.15) is 0 Å². The number of hydrogen-bond acceptors (Lipinski definition) is 2. The smallest absolute Gasteiger partial charge is 0.296 e. The van der Waals surface area contributed by atoms with E-state index in [0.717, 1.165) is 6.42 Å². The minimum absolute atomic E-state index is 0.0132. The summed E-state index contributed by atoms with van der Waals surface area (Å²) >= 11 is 0. The molecule has 0 unspecified atom stereocenters. The fourth-order valence-electron chi connectivity index (χ4n) is 4.19. The van der Waals surface area contributed by atoms with Gasteiger partial charge >= 0.3 is 0 Å². The van der Waals surface area contributed by atoms with Gasteiger partial charge in [0.15, 0.2) is 0 Å². The van der Waals surface area contributed by atoms with Crippen LogP contribution in [0.5, 0.6) is 0 Å². The van der Waals surface area contributed by atoms with Crippen molar-refractivity contribution in [3.63, 3.8) is 0 Å². The molecule has 3 heteroatoms. The molecule has 0 heterocycles. The zero-order valence-corrected chi connectivity index (χ0v) is 15.6. The molecule has 0 aromatic rings. The largest absolute Gasteiger partial charge is 0.517 e. The monoisotopic (exact) mass is 285 g/mol. The predicted molar refractivity (Wildman–Crippen MR) is 85.6 cm³/mol. The first kappa shape index (κ1) is 18.7. The number of carbonyl (C=O) groups excluding carboxylic acids is 1. The van der Waals surface area contributed by atoms with E-state index < -0.39 is 8.32 Å². The van der Waals surface area contributed by atoms with Crippen LogP contribution in [0.4, 0.5) is 0 Å². The van der Waals surface area contributed by atoms with E-state index in [0.29, 0.717) is 0 Å². The Kier molecular flexibility index (Phi) is 5.50. The molecule has 0 aromatic heterocycles. The van der Waals surface area contributed by atoms with Crippen molar-refractivity contribution in [3.05, 3.63) is 6.42 Å². The van der Waals surface area contributed by atoms with Crippen LogP contribution in [-0.2, 0) is 9.22 Å². The fraction of sp³-hybridized carbons (Fsp3) is 0.875. The summed E-state index contributed by atoms with van der Waals surface area (Å²) < 4.78 is 6.22. The van der Waals surface area contributed by atoms with E-state index >= 15 is 0 Å². The molecule has 2 nitrogen and oxygen atoms in total. The molecule has 0 amide bonds. The lowest BCUT2D eigenvalue weighted by atomic mass is 10.2. The second-order valence-corrected chi connectivity index (χ2v) is 14.5. The minimum Gasteiger partial charge on any atom is -0.517 e. The van der Waals surface area contributed by atoms with Crippen molar-refractivity contribution in [2.75, 3.05) is 0 Å². The van der Waals surface area contributed by atoms with Crippen molar-refractivity contribution in [1.29, 1.82) is 0 Å². The summed E-state index contributed by atoms with van der Waals surface area (Å²) in [5, 5.41) is -0.0395. The van der Waals surface area contributed by atoms with Gasteiger partial charge in [-0.05, 0) is 21.5 Å². The van der Waals surface area contributed by atoms with Crippen LogP contribution in [0.3, 0.4) is 0 Å². The Bertz CT molecular complexity index is 277.